The van der Waals surface area contributed by atoms with Gasteiger partial charge in [0.15, 0.2) is 0 Å². The van der Waals surface area contributed by atoms with E-state index in [9.17, 15) is 14.9 Å². The van der Waals surface area contributed by atoms with Crippen LogP contribution in [0.4, 0.5) is 5.69 Å². The zero-order valence-electron chi connectivity index (χ0n) is 13.4. The van der Waals surface area contributed by atoms with Crippen LogP contribution in [0.3, 0.4) is 0 Å². The molecule has 0 atom stereocenters. The predicted molar refractivity (Wildman–Crippen MR) is 93.1 cm³/mol. The lowest BCUT2D eigenvalue weighted by Crippen LogP contribution is -2.25. The maximum absolute atomic E-state index is 12.2. The van der Waals surface area contributed by atoms with E-state index in [2.05, 4.69) is 15.4 Å². The highest BCUT2D eigenvalue weighted by Crippen LogP contribution is 2.15. The van der Waals surface area contributed by atoms with E-state index in [-0.39, 0.29) is 11.6 Å². The van der Waals surface area contributed by atoms with E-state index in [4.69, 9.17) is 0 Å². The lowest BCUT2D eigenvalue weighted by molar-refractivity contribution is -0.384. The molecule has 8 nitrogen and oxygen atoms in total. The fraction of sp³-hybridized carbons (Fsp3) is 0.188. The van der Waals surface area contributed by atoms with Gasteiger partial charge in [-0.15, -0.1) is 11.3 Å². The fourth-order valence-corrected chi connectivity index (χ4v) is 2.88. The van der Waals surface area contributed by atoms with Crippen molar-refractivity contribution in [1.29, 1.82) is 0 Å². The SMILES string of the molecule is Cc1nc(CCNC(=O)c2cnn(-c3ccc([N+](=O)[O-])cc3)c2)cs1. The number of carbonyl (C=O) groups is 1. The number of benzene rings is 1. The maximum atomic E-state index is 12.2. The lowest BCUT2D eigenvalue weighted by Gasteiger charge is -2.02. The van der Waals surface area contributed by atoms with Gasteiger partial charge in [0.2, 0.25) is 0 Å². The minimum atomic E-state index is -0.463. The zero-order valence-corrected chi connectivity index (χ0v) is 14.2. The quantitative estimate of drug-likeness (QED) is 0.539. The number of rotatable bonds is 6. The molecule has 25 heavy (non-hydrogen) atoms. The molecule has 3 rings (SSSR count). The molecule has 0 aliphatic heterocycles. The van der Waals surface area contributed by atoms with Gasteiger partial charge in [-0.05, 0) is 19.1 Å². The summed E-state index contributed by atoms with van der Waals surface area (Å²) in [5.41, 5.74) is 2.03. The molecule has 0 spiro atoms. The van der Waals surface area contributed by atoms with Gasteiger partial charge in [-0.25, -0.2) is 9.67 Å². The van der Waals surface area contributed by atoms with Crippen LogP contribution in [0.25, 0.3) is 5.69 Å². The molecule has 2 heterocycles. The average Bonchev–Trinajstić information content (AvgIpc) is 3.24. The zero-order chi connectivity index (χ0) is 17.8. The minimum Gasteiger partial charge on any atom is -0.352 e. The highest BCUT2D eigenvalue weighted by Gasteiger charge is 2.10. The Morgan fingerprint density at radius 3 is 2.76 bits per heavy atom. The number of nitrogens with zero attached hydrogens (tertiary/aromatic N) is 4. The van der Waals surface area contributed by atoms with Crippen molar-refractivity contribution in [2.45, 2.75) is 13.3 Å². The molecule has 9 heteroatoms. The molecule has 1 amide bonds. The Bertz CT molecular complexity index is 901. The Hall–Kier alpha value is -3.07. The molecule has 2 aromatic heterocycles. The molecule has 0 bridgehead atoms. The van der Waals surface area contributed by atoms with Crippen molar-refractivity contribution < 1.29 is 9.72 Å². The first-order valence-electron chi connectivity index (χ1n) is 7.51. The monoisotopic (exact) mass is 357 g/mol. The predicted octanol–water partition coefficient (Wildman–Crippen LogP) is 2.52. The number of nitro benzene ring substituents is 1. The summed E-state index contributed by atoms with van der Waals surface area (Å²) in [5, 5.41) is 20.6. The third kappa shape index (κ3) is 4.07. The summed E-state index contributed by atoms with van der Waals surface area (Å²) in [6.07, 6.45) is 3.72. The molecule has 1 N–H and O–H groups in total. The molecular weight excluding hydrogens is 342 g/mol. The number of nitrogens with one attached hydrogen (secondary N) is 1. The number of thiazole rings is 1. The minimum absolute atomic E-state index is 0.00569. The molecule has 0 aliphatic carbocycles. The van der Waals surface area contributed by atoms with Gasteiger partial charge in [-0.3, -0.25) is 14.9 Å². The molecule has 0 radical (unpaired) electrons. The van der Waals surface area contributed by atoms with E-state index in [0.717, 1.165) is 10.7 Å². The number of hydrogen-bond acceptors (Lipinski definition) is 6. The molecule has 0 fully saturated rings. The second-order valence-electron chi connectivity index (χ2n) is 5.31. The van der Waals surface area contributed by atoms with Gasteiger partial charge in [0.05, 0.1) is 33.1 Å². The molecule has 128 valence electrons. The van der Waals surface area contributed by atoms with E-state index < -0.39 is 4.92 Å². The summed E-state index contributed by atoms with van der Waals surface area (Å²) in [4.78, 5) is 26.7. The molecule has 0 aliphatic rings. The van der Waals surface area contributed by atoms with Crippen LogP contribution in [0.5, 0.6) is 0 Å². The first kappa shape index (κ1) is 16.8. The van der Waals surface area contributed by atoms with Crippen LogP contribution < -0.4 is 5.32 Å². The van der Waals surface area contributed by atoms with Crippen LogP contribution in [-0.4, -0.2) is 32.1 Å². The third-order valence-corrected chi connectivity index (χ3v) is 4.33. The summed E-state index contributed by atoms with van der Waals surface area (Å²) in [6.45, 7) is 2.43. The number of hydrogen-bond donors (Lipinski definition) is 1. The normalized spacial score (nSPS) is 10.6. The van der Waals surface area contributed by atoms with Gasteiger partial charge in [0.25, 0.3) is 11.6 Å². The van der Waals surface area contributed by atoms with Crippen molar-refractivity contribution in [3.63, 3.8) is 0 Å². The van der Waals surface area contributed by atoms with E-state index in [1.165, 1.54) is 23.0 Å². The molecule has 0 saturated heterocycles. The number of nitro groups is 1. The Morgan fingerprint density at radius 2 is 2.12 bits per heavy atom. The van der Waals surface area contributed by atoms with E-state index in [0.29, 0.717) is 24.2 Å². The summed E-state index contributed by atoms with van der Waals surface area (Å²) < 4.78 is 1.50. The Kier molecular flexibility index (Phi) is 4.85. The second-order valence-corrected chi connectivity index (χ2v) is 6.37. The third-order valence-electron chi connectivity index (χ3n) is 3.50. The Balaban J connectivity index is 1.60. The van der Waals surface area contributed by atoms with E-state index >= 15 is 0 Å². The van der Waals surface area contributed by atoms with Crippen LogP contribution in [0, 0.1) is 17.0 Å². The van der Waals surface area contributed by atoms with Crippen molar-refractivity contribution in [2.24, 2.45) is 0 Å². The van der Waals surface area contributed by atoms with Crippen LogP contribution in [0.2, 0.25) is 0 Å². The summed E-state index contributed by atoms with van der Waals surface area (Å²) in [7, 11) is 0. The first-order valence-corrected chi connectivity index (χ1v) is 8.39. The fourth-order valence-electron chi connectivity index (χ4n) is 2.24. The van der Waals surface area contributed by atoms with Crippen molar-refractivity contribution >= 4 is 22.9 Å². The van der Waals surface area contributed by atoms with Crippen molar-refractivity contribution in [3.8, 4) is 5.69 Å². The number of non-ortho nitro benzene ring substituents is 1. The Morgan fingerprint density at radius 1 is 1.36 bits per heavy atom. The number of amides is 1. The van der Waals surface area contributed by atoms with Crippen molar-refractivity contribution in [3.05, 3.63) is 68.4 Å². The highest BCUT2D eigenvalue weighted by molar-refractivity contribution is 7.09. The smallest absolute Gasteiger partial charge is 0.269 e. The topological polar surface area (TPSA) is 103 Å². The number of carbonyl (C=O) groups excluding carboxylic acids is 1. The van der Waals surface area contributed by atoms with Gasteiger partial charge < -0.3 is 5.32 Å². The van der Waals surface area contributed by atoms with Crippen LogP contribution in [0.1, 0.15) is 21.1 Å². The molecule has 0 saturated carbocycles. The van der Waals surface area contributed by atoms with Crippen LogP contribution in [0.15, 0.2) is 42.0 Å². The summed E-state index contributed by atoms with van der Waals surface area (Å²) in [5.74, 6) is -0.222. The standard InChI is InChI=1S/C16H15N5O3S/c1-11-19-13(10-25-11)6-7-17-16(22)12-8-18-20(9-12)14-2-4-15(5-3-14)21(23)24/h2-5,8-10H,6-7H2,1H3,(H,17,22). The Labute approximate surface area is 147 Å². The number of aryl methyl sites for hydroxylation is 1. The second kappa shape index (κ2) is 7.22. The van der Waals surface area contributed by atoms with E-state index in [1.807, 2.05) is 12.3 Å². The van der Waals surface area contributed by atoms with E-state index in [1.54, 1.807) is 29.7 Å². The van der Waals surface area contributed by atoms with Gasteiger partial charge in [-0.2, -0.15) is 5.10 Å². The van der Waals surface area contributed by atoms with Gasteiger partial charge in [0.1, 0.15) is 0 Å². The average molecular weight is 357 g/mol. The molecule has 1 aromatic carbocycles. The van der Waals surface area contributed by atoms with Crippen molar-refractivity contribution in [2.75, 3.05) is 6.54 Å². The van der Waals surface area contributed by atoms with Crippen LogP contribution in [-0.2, 0) is 6.42 Å². The molecule has 0 unspecified atom stereocenters. The lowest BCUT2D eigenvalue weighted by atomic mass is 10.3. The summed E-state index contributed by atoms with van der Waals surface area (Å²) in [6, 6.07) is 5.95. The maximum Gasteiger partial charge on any atom is 0.269 e. The van der Waals surface area contributed by atoms with Crippen LogP contribution >= 0.6 is 11.3 Å². The molecule has 3 aromatic rings. The van der Waals surface area contributed by atoms with Crippen molar-refractivity contribution in [1.82, 2.24) is 20.1 Å². The van der Waals surface area contributed by atoms with Gasteiger partial charge in [0, 0.05) is 36.7 Å². The largest absolute Gasteiger partial charge is 0.352 e. The molecular formula is C16H15N5O3S. The highest BCUT2D eigenvalue weighted by atomic mass is 32.1. The van der Waals surface area contributed by atoms with Gasteiger partial charge >= 0.3 is 0 Å². The summed E-state index contributed by atoms with van der Waals surface area (Å²) >= 11 is 1.58. The van der Waals surface area contributed by atoms with Gasteiger partial charge in [-0.1, -0.05) is 0 Å². The number of aromatic nitrogens is 3. The first-order chi connectivity index (χ1) is 12.0.